The minimum atomic E-state index is -3.97. The van der Waals surface area contributed by atoms with Crippen molar-refractivity contribution in [3.05, 3.63) is 42.5 Å². The average Bonchev–Trinajstić information content (AvgIpc) is 3.22. The summed E-state index contributed by atoms with van der Waals surface area (Å²) in [4.78, 5) is 13.2. The molecule has 1 aliphatic heterocycles. The van der Waals surface area contributed by atoms with Crippen LogP contribution in [0.5, 0.6) is 0 Å². The van der Waals surface area contributed by atoms with Gasteiger partial charge in [0.15, 0.2) is 16.8 Å². The molecule has 2 atom stereocenters. The van der Waals surface area contributed by atoms with Gasteiger partial charge in [0.05, 0.1) is 10.1 Å². The Balaban J connectivity index is 0.000000307. The third-order valence-electron chi connectivity index (χ3n) is 5.53. The lowest BCUT2D eigenvalue weighted by Gasteiger charge is -2.19. The van der Waals surface area contributed by atoms with Gasteiger partial charge in [0.2, 0.25) is 0 Å². The van der Waals surface area contributed by atoms with E-state index < -0.39 is 21.9 Å². The van der Waals surface area contributed by atoms with E-state index >= 15 is 0 Å². The smallest absolute Gasteiger partial charge is 0.509 e. The van der Waals surface area contributed by atoms with Gasteiger partial charge in [-0.05, 0) is 44.7 Å². The Labute approximate surface area is 213 Å². The second-order valence-electron chi connectivity index (χ2n) is 9.86. The predicted molar refractivity (Wildman–Crippen MR) is 143 cm³/mol. The van der Waals surface area contributed by atoms with E-state index in [2.05, 4.69) is 49.4 Å². The second kappa shape index (κ2) is 14.1. The first-order valence-electron chi connectivity index (χ1n) is 12.5. The van der Waals surface area contributed by atoms with Crippen LogP contribution in [0.1, 0.15) is 72.6 Å². The maximum Gasteiger partial charge on any atom is 0.509 e. The number of fused-ring (bicyclic) bond motifs is 1. The third-order valence-corrected chi connectivity index (χ3v) is 8.80. The van der Waals surface area contributed by atoms with Crippen molar-refractivity contribution >= 4 is 37.9 Å². The van der Waals surface area contributed by atoms with Gasteiger partial charge in [-0.3, -0.25) is 0 Å². The van der Waals surface area contributed by atoms with Crippen LogP contribution in [0.4, 0.5) is 4.79 Å². The first-order valence-corrected chi connectivity index (χ1v) is 15.6. The van der Waals surface area contributed by atoms with Gasteiger partial charge >= 0.3 is 6.16 Å². The van der Waals surface area contributed by atoms with Crippen LogP contribution in [0.2, 0.25) is 0 Å². The normalized spacial score (nSPS) is 18.1. The Kier molecular flexibility index (Phi) is 11.9. The molecule has 0 saturated carbocycles. The Morgan fingerprint density at radius 1 is 1.03 bits per heavy atom. The van der Waals surface area contributed by atoms with Gasteiger partial charge < -0.3 is 14.0 Å². The summed E-state index contributed by atoms with van der Waals surface area (Å²) in [5, 5.41) is 2.59. The Bertz CT molecular complexity index is 1020. The Morgan fingerprint density at radius 2 is 1.69 bits per heavy atom. The topological polar surface area (TPSA) is 92.7 Å². The molecule has 8 heteroatoms. The molecular formula is C27H40O6S2. The highest BCUT2D eigenvalue weighted by atomic mass is 32.2. The number of carbonyl (C=O) groups excluding carboxylic acids is 1. The highest BCUT2D eigenvalue weighted by molar-refractivity contribution is 7.97. The summed E-state index contributed by atoms with van der Waals surface area (Å²) < 4.78 is 41.2. The zero-order chi connectivity index (χ0) is 25.9. The first-order chi connectivity index (χ1) is 16.5. The molecule has 1 aliphatic rings. The van der Waals surface area contributed by atoms with Gasteiger partial charge in [0, 0.05) is 28.5 Å². The monoisotopic (exact) mass is 524 g/mol. The van der Waals surface area contributed by atoms with E-state index in [0.717, 1.165) is 37.2 Å². The summed E-state index contributed by atoms with van der Waals surface area (Å²) in [6, 6.07) is 15.0. The van der Waals surface area contributed by atoms with Crippen molar-refractivity contribution in [3.8, 4) is 0 Å². The van der Waals surface area contributed by atoms with Gasteiger partial charge in [0.25, 0.3) is 0 Å². The number of unbranched alkanes of at least 4 members (excludes halogenated alkanes) is 5. The quantitative estimate of drug-likeness (QED) is 0.162. The van der Waals surface area contributed by atoms with E-state index in [0.29, 0.717) is 6.42 Å². The number of rotatable bonds is 9. The summed E-state index contributed by atoms with van der Waals surface area (Å²) in [5.74, 6) is 1.77. The van der Waals surface area contributed by atoms with E-state index in [1.165, 1.54) is 28.5 Å². The highest BCUT2D eigenvalue weighted by Gasteiger charge is 2.38. The molecule has 0 aromatic heterocycles. The van der Waals surface area contributed by atoms with Gasteiger partial charge in [-0.15, -0.1) is 0 Å². The van der Waals surface area contributed by atoms with Crippen molar-refractivity contribution < 1.29 is 27.2 Å². The molecule has 6 nitrogen and oxygen atoms in total. The lowest BCUT2D eigenvalue weighted by atomic mass is 10.1. The molecule has 3 rings (SSSR count). The van der Waals surface area contributed by atoms with Crippen LogP contribution >= 0.6 is 0 Å². The van der Waals surface area contributed by atoms with Crippen molar-refractivity contribution in [2.75, 3.05) is 17.3 Å². The number of carbonyl (C=O) groups is 1. The molecule has 1 heterocycles. The van der Waals surface area contributed by atoms with E-state index in [-0.39, 0.29) is 22.8 Å². The standard InChI is InChI=1S/C19H23O3S.C8H18O3S/c1-19(2,3)22-18(20)21-15-11-12-23(13-15)17-10-6-8-14-7-4-5-9-16(14)17;1-2-3-4-5-6-7-8-12(9,10)11/h4-10,15H,11-13H2,1-3H3;2-8H2,1H3,(H,9,10,11)/q+1;/p-1. The minimum absolute atomic E-state index is 0.0350. The molecule has 0 amide bonds. The number of benzene rings is 2. The molecule has 35 heavy (non-hydrogen) atoms. The summed E-state index contributed by atoms with van der Waals surface area (Å²) in [7, 11) is -3.83. The van der Waals surface area contributed by atoms with Gasteiger partial charge in [-0.25, -0.2) is 13.2 Å². The highest BCUT2D eigenvalue weighted by Crippen LogP contribution is 2.31. The van der Waals surface area contributed by atoms with Crippen molar-refractivity contribution in [2.45, 2.75) is 89.2 Å². The summed E-state index contributed by atoms with van der Waals surface area (Å²) in [6.07, 6.45) is 6.28. The van der Waals surface area contributed by atoms with Crippen LogP contribution in [0.3, 0.4) is 0 Å². The lowest BCUT2D eigenvalue weighted by molar-refractivity contribution is -0.0218. The SMILES string of the molecule is CC(C)(C)OC(=O)OC1CC[S+](c2cccc3ccccc23)C1.CCCCCCCCS(=O)(=O)[O-]. The first kappa shape index (κ1) is 29.5. The van der Waals surface area contributed by atoms with Crippen LogP contribution in [0.15, 0.2) is 47.4 Å². The Morgan fingerprint density at radius 3 is 2.37 bits per heavy atom. The molecule has 0 bridgehead atoms. The molecular weight excluding hydrogens is 484 g/mol. The molecule has 2 aromatic rings. The van der Waals surface area contributed by atoms with Crippen molar-refractivity contribution in [1.82, 2.24) is 0 Å². The number of hydrogen-bond donors (Lipinski definition) is 0. The average molecular weight is 525 g/mol. The molecule has 196 valence electrons. The van der Waals surface area contributed by atoms with Crippen molar-refractivity contribution in [3.63, 3.8) is 0 Å². The third kappa shape index (κ3) is 11.7. The van der Waals surface area contributed by atoms with Crippen molar-refractivity contribution in [1.29, 1.82) is 0 Å². The van der Waals surface area contributed by atoms with E-state index in [1.54, 1.807) is 0 Å². The van der Waals surface area contributed by atoms with Crippen LogP contribution < -0.4 is 0 Å². The second-order valence-corrected chi connectivity index (χ2v) is 13.6. The fraction of sp³-hybridized carbons (Fsp3) is 0.593. The molecule has 1 saturated heterocycles. The molecule has 2 unspecified atom stereocenters. The molecule has 0 spiro atoms. The fourth-order valence-electron chi connectivity index (χ4n) is 3.87. The minimum Gasteiger partial charge on any atom is -0.748 e. The van der Waals surface area contributed by atoms with Gasteiger partial charge in [-0.1, -0.05) is 69.4 Å². The number of ether oxygens (including phenoxy) is 2. The molecule has 2 aromatic carbocycles. The molecule has 1 fully saturated rings. The molecule has 0 N–H and O–H groups in total. The predicted octanol–water partition coefficient (Wildman–Crippen LogP) is 6.43. The zero-order valence-corrected chi connectivity index (χ0v) is 23.1. The summed E-state index contributed by atoms with van der Waals surface area (Å²) in [5.41, 5.74) is -0.507. The van der Waals surface area contributed by atoms with E-state index in [4.69, 9.17) is 9.47 Å². The largest absolute Gasteiger partial charge is 0.748 e. The van der Waals surface area contributed by atoms with E-state index in [1.807, 2.05) is 20.8 Å². The lowest BCUT2D eigenvalue weighted by Crippen LogP contribution is -2.28. The summed E-state index contributed by atoms with van der Waals surface area (Å²) >= 11 is 0. The number of hydrogen-bond acceptors (Lipinski definition) is 6. The molecule has 0 aliphatic carbocycles. The Hall–Kier alpha value is -1.77. The van der Waals surface area contributed by atoms with Crippen LogP contribution in [-0.4, -0.2) is 48.1 Å². The zero-order valence-electron chi connectivity index (χ0n) is 21.5. The van der Waals surface area contributed by atoms with Gasteiger partial charge in [-0.2, -0.15) is 0 Å². The maximum atomic E-state index is 11.8. The maximum absolute atomic E-state index is 11.8. The van der Waals surface area contributed by atoms with Crippen LogP contribution in [-0.2, 0) is 30.5 Å². The van der Waals surface area contributed by atoms with Crippen molar-refractivity contribution in [2.24, 2.45) is 0 Å². The van der Waals surface area contributed by atoms with Crippen LogP contribution in [0, 0.1) is 0 Å². The van der Waals surface area contributed by atoms with E-state index in [9.17, 15) is 17.8 Å². The van der Waals surface area contributed by atoms with Gasteiger partial charge in [0.1, 0.15) is 11.4 Å². The fourth-order valence-corrected chi connectivity index (χ4v) is 7.00. The molecule has 0 radical (unpaired) electrons. The summed E-state index contributed by atoms with van der Waals surface area (Å²) in [6.45, 7) is 7.68. The van der Waals surface area contributed by atoms with Crippen LogP contribution in [0.25, 0.3) is 10.8 Å².